The lowest BCUT2D eigenvalue weighted by molar-refractivity contribution is -0.131. The van der Waals surface area contributed by atoms with Crippen molar-refractivity contribution in [3.05, 3.63) is 71.3 Å². The summed E-state index contributed by atoms with van der Waals surface area (Å²) in [6.45, 7) is 5.86. The monoisotopic (exact) mass is 553 g/mol. The second kappa shape index (κ2) is 17.2. The molecule has 0 aliphatic heterocycles. The number of rotatable bonds is 11. The maximum absolute atomic E-state index is 12.6. The molecule has 40 heavy (non-hydrogen) atoms. The summed E-state index contributed by atoms with van der Waals surface area (Å²) in [5, 5.41) is 19.6. The van der Waals surface area contributed by atoms with E-state index in [1.807, 2.05) is 30.3 Å². The normalized spacial score (nSPS) is 11.0. The Morgan fingerprint density at radius 3 is 2.12 bits per heavy atom. The largest absolute Gasteiger partial charge is 0.444 e. The first-order valence-electron chi connectivity index (χ1n) is 12.4. The Morgan fingerprint density at radius 1 is 0.900 bits per heavy atom. The second-order valence-electron chi connectivity index (χ2n) is 9.46. The van der Waals surface area contributed by atoms with E-state index in [-0.39, 0.29) is 26.1 Å². The molecule has 11 nitrogen and oxygen atoms in total. The molecule has 0 fully saturated rings. The molecule has 0 heterocycles. The Morgan fingerprint density at radius 2 is 1.52 bits per heavy atom. The van der Waals surface area contributed by atoms with Crippen molar-refractivity contribution in [3.63, 3.8) is 0 Å². The van der Waals surface area contributed by atoms with Crippen LogP contribution in [0.1, 0.15) is 56.1 Å². The van der Waals surface area contributed by atoms with Crippen LogP contribution in [0.4, 0.5) is 4.79 Å². The van der Waals surface area contributed by atoms with Gasteiger partial charge in [0, 0.05) is 29.8 Å². The van der Waals surface area contributed by atoms with Gasteiger partial charge < -0.3 is 26.0 Å². The highest BCUT2D eigenvalue weighted by Crippen LogP contribution is 2.06. The molecule has 0 radical (unpaired) electrons. The van der Waals surface area contributed by atoms with Gasteiger partial charge in [0.2, 0.25) is 5.91 Å². The van der Waals surface area contributed by atoms with Crippen LogP contribution in [0.2, 0.25) is 0 Å². The van der Waals surface area contributed by atoms with Crippen molar-refractivity contribution in [1.82, 2.24) is 26.7 Å². The first kappa shape index (κ1) is 33.6. The molecule has 216 valence electrons. The van der Waals surface area contributed by atoms with Crippen LogP contribution < -0.4 is 26.7 Å². The lowest BCUT2D eigenvalue weighted by atomic mass is 10.1. The van der Waals surface area contributed by atoms with Gasteiger partial charge in [0.1, 0.15) is 11.6 Å². The minimum absolute atomic E-state index is 0. The van der Waals surface area contributed by atoms with Crippen molar-refractivity contribution < 1.29 is 29.1 Å². The van der Waals surface area contributed by atoms with E-state index in [1.165, 1.54) is 5.48 Å². The molecule has 0 unspecified atom stereocenters. The average molecular weight is 554 g/mol. The summed E-state index contributed by atoms with van der Waals surface area (Å²) in [5.74, 6) is 4.19. The van der Waals surface area contributed by atoms with E-state index in [0.717, 1.165) is 5.56 Å². The van der Waals surface area contributed by atoms with E-state index in [0.29, 0.717) is 25.1 Å². The predicted molar refractivity (Wildman–Crippen MR) is 152 cm³/mol. The molecular weight excluding hydrogens is 514 g/mol. The first-order valence-corrected chi connectivity index (χ1v) is 12.4. The van der Waals surface area contributed by atoms with E-state index in [2.05, 4.69) is 33.1 Å². The Balaban J connectivity index is 0.00000800. The summed E-state index contributed by atoms with van der Waals surface area (Å²) >= 11 is 0. The number of hydrogen-bond acceptors (Lipinski definition) is 7. The van der Waals surface area contributed by atoms with E-state index in [4.69, 9.17) is 9.94 Å². The topological polar surface area (TPSA) is 158 Å². The Labute approximate surface area is 235 Å². The van der Waals surface area contributed by atoms with E-state index >= 15 is 0 Å². The zero-order valence-corrected chi connectivity index (χ0v) is 22.3. The van der Waals surface area contributed by atoms with E-state index in [1.54, 1.807) is 45.0 Å². The third-order valence-corrected chi connectivity index (χ3v) is 4.99. The third kappa shape index (κ3) is 13.4. The summed E-state index contributed by atoms with van der Waals surface area (Å²) in [5.41, 5.74) is 2.77. The minimum atomic E-state index is -1.21. The number of carbonyl (C=O) groups excluding carboxylic acids is 4. The second-order valence-corrected chi connectivity index (χ2v) is 9.46. The summed E-state index contributed by atoms with van der Waals surface area (Å²) in [6.07, 6.45) is 0.0533. The maximum Gasteiger partial charge on any atom is 0.407 e. The molecule has 0 saturated heterocycles. The Kier molecular flexibility index (Phi) is 14.5. The van der Waals surface area contributed by atoms with Crippen molar-refractivity contribution in [1.29, 1.82) is 0 Å². The number of hydrogen-bond donors (Lipinski definition) is 6. The van der Waals surface area contributed by atoms with Gasteiger partial charge >= 0.3 is 6.09 Å². The molecule has 0 saturated carbocycles. The van der Waals surface area contributed by atoms with Crippen LogP contribution in [-0.4, -0.2) is 66.8 Å². The van der Waals surface area contributed by atoms with Crippen molar-refractivity contribution in [3.8, 4) is 11.8 Å². The van der Waals surface area contributed by atoms with Gasteiger partial charge in [0.25, 0.3) is 11.8 Å². The van der Waals surface area contributed by atoms with Crippen molar-refractivity contribution in [2.75, 3.05) is 26.2 Å². The van der Waals surface area contributed by atoms with Crippen molar-refractivity contribution >= 4 is 23.8 Å². The van der Waals surface area contributed by atoms with Crippen LogP contribution in [0.25, 0.3) is 0 Å². The predicted octanol–water partition coefficient (Wildman–Crippen LogP) is 1.95. The number of ether oxygens (including phenoxy) is 1. The molecule has 11 heteroatoms. The van der Waals surface area contributed by atoms with Crippen molar-refractivity contribution in [2.24, 2.45) is 0 Å². The molecule has 0 aliphatic rings. The zero-order valence-electron chi connectivity index (χ0n) is 22.3. The number of amides is 4. The van der Waals surface area contributed by atoms with Gasteiger partial charge in [-0.25, -0.2) is 10.3 Å². The van der Waals surface area contributed by atoms with Crippen LogP contribution in [-0.2, 0) is 14.3 Å². The fourth-order valence-electron chi connectivity index (χ4n) is 3.10. The molecule has 2 rings (SSSR count). The van der Waals surface area contributed by atoms with Gasteiger partial charge in [-0.2, -0.15) is 0 Å². The highest BCUT2D eigenvalue weighted by Gasteiger charge is 2.22. The maximum atomic E-state index is 12.6. The quantitative estimate of drug-likeness (QED) is 0.107. The van der Waals surface area contributed by atoms with Gasteiger partial charge in [-0.15, -0.1) is 0 Å². The number of carbonyl (C=O) groups is 4. The Hall–Kier alpha value is -4.40. The third-order valence-electron chi connectivity index (χ3n) is 4.99. The molecule has 2 aromatic carbocycles. The van der Waals surface area contributed by atoms with Crippen LogP contribution in [0, 0.1) is 11.8 Å². The smallest absolute Gasteiger partial charge is 0.407 e. The van der Waals surface area contributed by atoms with Gasteiger partial charge in [-0.3, -0.25) is 19.6 Å². The summed E-state index contributed by atoms with van der Waals surface area (Å²) < 4.78 is 5.13. The molecule has 1 atom stereocenters. The molecule has 2 aromatic rings. The number of nitrogens with one attached hydrogen (secondary N) is 5. The standard InChI is InChI=1S/C28H35N5O6.CH4/c1-28(2,3)39-27(37)30-17-7-16-29-19-24(34)31-18-23(26(36)33-38)32-25(35)22-14-12-21(13-15-22)11-10-20-8-5-4-6-9-20;/h4-6,8-9,12-15,23,29,38H,7,16-19H2,1-3H3,(H,30,37)(H,31,34)(H,32,35)(H,33,36);1H4/t23-;/m0./s1. The molecule has 0 spiro atoms. The first-order chi connectivity index (χ1) is 18.6. The summed E-state index contributed by atoms with van der Waals surface area (Å²) in [6, 6.07) is 14.8. The number of hydroxylamine groups is 1. The van der Waals surface area contributed by atoms with Gasteiger partial charge in [-0.1, -0.05) is 37.5 Å². The summed E-state index contributed by atoms with van der Waals surface area (Å²) in [4.78, 5) is 48.4. The lowest BCUT2D eigenvalue weighted by Gasteiger charge is -2.19. The van der Waals surface area contributed by atoms with Crippen LogP contribution in [0.15, 0.2) is 54.6 Å². The molecule has 6 N–H and O–H groups in total. The molecular formula is C29H39N5O6. The van der Waals surface area contributed by atoms with Crippen LogP contribution in [0.3, 0.4) is 0 Å². The Bertz CT molecular complexity index is 1170. The van der Waals surface area contributed by atoms with E-state index < -0.39 is 35.5 Å². The van der Waals surface area contributed by atoms with Crippen LogP contribution in [0.5, 0.6) is 0 Å². The number of benzene rings is 2. The lowest BCUT2D eigenvalue weighted by Crippen LogP contribution is -2.52. The fourth-order valence-corrected chi connectivity index (χ4v) is 3.10. The molecule has 0 aliphatic carbocycles. The minimum Gasteiger partial charge on any atom is -0.444 e. The van der Waals surface area contributed by atoms with Gasteiger partial charge in [0.15, 0.2) is 0 Å². The highest BCUT2D eigenvalue weighted by molar-refractivity contribution is 5.97. The van der Waals surface area contributed by atoms with Gasteiger partial charge in [0.05, 0.1) is 6.54 Å². The molecule has 4 amide bonds. The summed E-state index contributed by atoms with van der Waals surface area (Å²) in [7, 11) is 0. The fraction of sp³-hybridized carbons (Fsp3) is 0.379. The van der Waals surface area contributed by atoms with E-state index in [9.17, 15) is 19.2 Å². The number of alkyl carbamates (subject to hydrolysis) is 1. The SMILES string of the molecule is C.CC(C)(C)OC(=O)NCCCNCC(=O)NC[C@H](NC(=O)c1ccc(C#Cc2ccccc2)cc1)C(=O)NO. The highest BCUT2D eigenvalue weighted by atomic mass is 16.6. The van der Waals surface area contributed by atoms with Gasteiger partial charge in [-0.05, 0) is 70.1 Å². The molecule has 0 bridgehead atoms. The van der Waals surface area contributed by atoms with Crippen LogP contribution >= 0.6 is 0 Å². The zero-order chi connectivity index (χ0) is 28.7. The van der Waals surface area contributed by atoms with Crippen molar-refractivity contribution in [2.45, 2.75) is 46.3 Å². The molecule has 0 aromatic heterocycles. The average Bonchev–Trinajstić information content (AvgIpc) is 2.91.